The van der Waals surface area contributed by atoms with E-state index in [0.717, 1.165) is 18.4 Å². The molecule has 0 aliphatic heterocycles. The first-order valence-corrected chi connectivity index (χ1v) is 7.08. The third kappa shape index (κ3) is 2.91. The molecule has 8 heteroatoms. The van der Waals surface area contributed by atoms with E-state index < -0.39 is 5.91 Å². The summed E-state index contributed by atoms with van der Waals surface area (Å²) in [6, 6.07) is -0.0467. The van der Waals surface area contributed by atoms with E-state index in [9.17, 15) is 9.90 Å². The lowest BCUT2D eigenvalue weighted by Gasteiger charge is -2.37. The first-order chi connectivity index (χ1) is 10.5. The monoisotopic (exact) mass is 302 g/mol. The zero-order valence-corrected chi connectivity index (χ0v) is 12.2. The Morgan fingerprint density at radius 3 is 2.82 bits per heavy atom. The number of hydrogen-bond donors (Lipinski definition) is 3. The number of amides is 1. The van der Waals surface area contributed by atoms with Gasteiger partial charge in [0.2, 0.25) is 0 Å². The van der Waals surface area contributed by atoms with Gasteiger partial charge in [-0.25, -0.2) is 4.98 Å². The van der Waals surface area contributed by atoms with Gasteiger partial charge in [-0.15, -0.1) is 0 Å². The number of nitrogens with two attached hydrogens (primary N) is 1. The molecule has 0 radical (unpaired) electrons. The smallest absolute Gasteiger partial charge is 0.268 e. The molecular formula is C14H18N6O2. The highest BCUT2D eigenvalue weighted by Crippen LogP contribution is 2.39. The quantitative estimate of drug-likeness (QED) is 0.727. The van der Waals surface area contributed by atoms with E-state index in [4.69, 9.17) is 5.73 Å². The van der Waals surface area contributed by atoms with Gasteiger partial charge in [-0.3, -0.25) is 14.5 Å². The summed E-state index contributed by atoms with van der Waals surface area (Å²) >= 11 is 0. The predicted molar refractivity (Wildman–Crippen MR) is 78.9 cm³/mol. The maximum absolute atomic E-state index is 11.2. The zero-order valence-electron chi connectivity index (χ0n) is 12.2. The van der Waals surface area contributed by atoms with E-state index in [1.54, 1.807) is 17.1 Å². The van der Waals surface area contributed by atoms with Crippen LogP contribution in [0.5, 0.6) is 0 Å². The van der Waals surface area contributed by atoms with Crippen LogP contribution in [0.15, 0.2) is 24.8 Å². The molecule has 2 aromatic rings. The molecule has 22 heavy (non-hydrogen) atoms. The number of aliphatic hydroxyl groups excluding tert-OH is 1. The fourth-order valence-electron chi connectivity index (χ4n) is 2.69. The van der Waals surface area contributed by atoms with Crippen molar-refractivity contribution in [1.82, 2.24) is 19.7 Å². The van der Waals surface area contributed by atoms with Crippen LogP contribution in [0, 0.1) is 5.92 Å². The molecule has 2 aromatic heterocycles. The molecule has 3 rings (SSSR count). The molecule has 0 saturated heterocycles. The molecule has 1 aliphatic rings. The van der Waals surface area contributed by atoms with Crippen molar-refractivity contribution in [1.29, 1.82) is 0 Å². The van der Waals surface area contributed by atoms with Gasteiger partial charge < -0.3 is 16.2 Å². The lowest BCUT2D eigenvalue weighted by atomic mass is 9.75. The normalized spacial score (nSPS) is 21.9. The maximum Gasteiger partial charge on any atom is 0.268 e. The van der Waals surface area contributed by atoms with Crippen LogP contribution in [0.25, 0.3) is 0 Å². The average Bonchev–Trinajstić information content (AvgIpc) is 2.88. The molecule has 1 amide bonds. The van der Waals surface area contributed by atoms with Crippen molar-refractivity contribution in [3.63, 3.8) is 0 Å². The molecule has 1 saturated carbocycles. The second-order valence-corrected chi connectivity index (χ2v) is 5.61. The number of primary amides is 1. The van der Waals surface area contributed by atoms with Gasteiger partial charge in [0.1, 0.15) is 11.5 Å². The number of carbonyl (C=O) groups is 1. The second kappa shape index (κ2) is 5.72. The predicted octanol–water partition coefficient (Wildman–Crippen LogP) is 0.233. The Hall–Kier alpha value is -2.48. The molecule has 0 aromatic carbocycles. The van der Waals surface area contributed by atoms with Crippen molar-refractivity contribution in [3.05, 3.63) is 36.0 Å². The van der Waals surface area contributed by atoms with Crippen LogP contribution in [0.1, 0.15) is 34.9 Å². The Bertz CT molecular complexity index is 679. The van der Waals surface area contributed by atoms with Crippen molar-refractivity contribution in [3.8, 4) is 0 Å². The van der Waals surface area contributed by atoms with Crippen LogP contribution in [-0.4, -0.2) is 36.9 Å². The summed E-state index contributed by atoms with van der Waals surface area (Å²) in [5, 5.41) is 17.0. The van der Waals surface area contributed by atoms with E-state index in [2.05, 4.69) is 20.4 Å². The minimum atomic E-state index is -0.617. The van der Waals surface area contributed by atoms with Gasteiger partial charge >= 0.3 is 0 Å². The summed E-state index contributed by atoms with van der Waals surface area (Å²) in [6.45, 7) is 0. The van der Waals surface area contributed by atoms with Crippen LogP contribution in [0.2, 0.25) is 0 Å². The van der Waals surface area contributed by atoms with E-state index in [1.165, 1.54) is 6.20 Å². The fourth-order valence-corrected chi connectivity index (χ4v) is 2.69. The number of carbonyl (C=O) groups excluding carboxylic acids is 1. The number of aromatic nitrogens is 4. The summed E-state index contributed by atoms with van der Waals surface area (Å²) < 4.78 is 1.73. The first kappa shape index (κ1) is 14.5. The summed E-state index contributed by atoms with van der Waals surface area (Å²) in [7, 11) is 1.85. The summed E-state index contributed by atoms with van der Waals surface area (Å²) in [4.78, 5) is 19.3. The molecule has 1 unspecified atom stereocenters. The minimum absolute atomic E-state index is 0.0467. The van der Waals surface area contributed by atoms with Crippen LogP contribution in [-0.2, 0) is 7.05 Å². The highest BCUT2D eigenvalue weighted by molar-refractivity contribution is 5.90. The van der Waals surface area contributed by atoms with Crippen LogP contribution >= 0.6 is 0 Å². The van der Waals surface area contributed by atoms with Crippen LogP contribution in [0.4, 0.5) is 5.82 Å². The lowest BCUT2D eigenvalue weighted by molar-refractivity contribution is 0.0339. The summed E-state index contributed by atoms with van der Waals surface area (Å²) in [5.74, 6) is 0.137. The Morgan fingerprint density at radius 1 is 1.45 bits per heavy atom. The van der Waals surface area contributed by atoms with Gasteiger partial charge in [-0.2, -0.15) is 5.10 Å². The molecule has 4 N–H and O–H groups in total. The number of hydrogen-bond acceptors (Lipinski definition) is 6. The Labute approximate surface area is 127 Å². The Morgan fingerprint density at radius 2 is 2.23 bits per heavy atom. The average molecular weight is 302 g/mol. The standard InChI is InChI=1S/C14H18N6O2/c1-20-7-9(4-17-20)13(8-2-10(21)3-8)19-12-6-16-5-11(18-12)14(15)22/h4-8,10,13,21H,2-3H2,1H3,(H2,15,22)(H,18,19). The first-order valence-electron chi connectivity index (χ1n) is 7.08. The van der Waals surface area contributed by atoms with E-state index in [-0.39, 0.29) is 23.8 Å². The van der Waals surface area contributed by atoms with E-state index in [0.29, 0.717) is 5.82 Å². The number of aryl methyl sites for hydroxylation is 1. The lowest BCUT2D eigenvalue weighted by Crippen LogP contribution is -2.36. The van der Waals surface area contributed by atoms with Gasteiger partial charge in [-0.05, 0) is 18.8 Å². The number of anilines is 1. The summed E-state index contributed by atoms with van der Waals surface area (Å²) in [6.07, 6.45) is 7.77. The van der Waals surface area contributed by atoms with Crippen LogP contribution in [0.3, 0.4) is 0 Å². The SMILES string of the molecule is Cn1cc(C(Nc2cncc(C(N)=O)n2)C2CC(O)C2)cn1. The van der Waals surface area contributed by atoms with Crippen molar-refractivity contribution in [2.24, 2.45) is 18.7 Å². The second-order valence-electron chi connectivity index (χ2n) is 5.61. The molecule has 0 bridgehead atoms. The third-order valence-corrected chi connectivity index (χ3v) is 3.90. The molecule has 116 valence electrons. The highest BCUT2D eigenvalue weighted by Gasteiger charge is 2.35. The Kier molecular flexibility index (Phi) is 3.76. The van der Waals surface area contributed by atoms with Crippen molar-refractivity contribution in [2.75, 3.05) is 5.32 Å². The Balaban J connectivity index is 1.83. The zero-order chi connectivity index (χ0) is 15.7. The van der Waals surface area contributed by atoms with Crippen molar-refractivity contribution >= 4 is 11.7 Å². The largest absolute Gasteiger partial charge is 0.393 e. The van der Waals surface area contributed by atoms with Gasteiger partial charge in [-0.1, -0.05) is 0 Å². The molecule has 8 nitrogen and oxygen atoms in total. The molecule has 2 heterocycles. The third-order valence-electron chi connectivity index (χ3n) is 3.90. The van der Waals surface area contributed by atoms with E-state index in [1.807, 2.05) is 13.2 Å². The topological polar surface area (TPSA) is 119 Å². The molecule has 0 spiro atoms. The number of nitrogens with one attached hydrogen (secondary N) is 1. The highest BCUT2D eigenvalue weighted by atomic mass is 16.3. The van der Waals surface area contributed by atoms with Crippen LogP contribution < -0.4 is 11.1 Å². The van der Waals surface area contributed by atoms with Gasteiger partial charge in [0.15, 0.2) is 0 Å². The number of nitrogens with zero attached hydrogens (tertiary/aromatic N) is 4. The maximum atomic E-state index is 11.2. The van der Waals surface area contributed by atoms with Gasteiger partial charge in [0.25, 0.3) is 5.91 Å². The van der Waals surface area contributed by atoms with Crippen molar-refractivity contribution in [2.45, 2.75) is 25.0 Å². The molecular weight excluding hydrogens is 284 g/mol. The minimum Gasteiger partial charge on any atom is -0.393 e. The molecule has 1 aliphatic carbocycles. The van der Waals surface area contributed by atoms with E-state index >= 15 is 0 Å². The molecule has 1 fully saturated rings. The van der Waals surface area contributed by atoms with Gasteiger partial charge in [0, 0.05) is 18.8 Å². The van der Waals surface area contributed by atoms with Crippen molar-refractivity contribution < 1.29 is 9.90 Å². The van der Waals surface area contributed by atoms with Gasteiger partial charge in [0.05, 0.1) is 30.7 Å². The number of aliphatic hydroxyl groups is 1. The summed E-state index contributed by atoms with van der Waals surface area (Å²) in [5.41, 5.74) is 6.35. The fraction of sp³-hybridized carbons (Fsp3) is 0.429. The molecule has 1 atom stereocenters. The number of rotatable bonds is 5.